The van der Waals surface area contributed by atoms with Crippen molar-refractivity contribution in [1.29, 1.82) is 0 Å². The van der Waals surface area contributed by atoms with Crippen LogP contribution in [0.1, 0.15) is 31.9 Å². The van der Waals surface area contributed by atoms with Gasteiger partial charge in [0.25, 0.3) is 0 Å². The SMILES string of the molecule is C=CCOc1ccc(O[Si](C)(C)C(C)(C)C)c(C)c1C. The van der Waals surface area contributed by atoms with Crippen molar-refractivity contribution in [3.8, 4) is 11.5 Å². The first kappa shape index (κ1) is 16.8. The zero-order valence-corrected chi connectivity index (χ0v) is 15.0. The van der Waals surface area contributed by atoms with Crippen molar-refractivity contribution in [2.24, 2.45) is 0 Å². The number of rotatable bonds is 5. The molecule has 112 valence electrons. The van der Waals surface area contributed by atoms with E-state index in [2.05, 4.69) is 54.3 Å². The minimum absolute atomic E-state index is 0.200. The van der Waals surface area contributed by atoms with Crippen LogP contribution in [0.25, 0.3) is 0 Å². The molecule has 0 amide bonds. The van der Waals surface area contributed by atoms with Gasteiger partial charge in [-0.3, -0.25) is 0 Å². The zero-order chi connectivity index (χ0) is 15.6. The maximum absolute atomic E-state index is 6.40. The highest BCUT2D eigenvalue weighted by atomic mass is 28.4. The first-order valence-corrected chi connectivity index (χ1v) is 10.0. The summed E-state index contributed by atoms with van der Waals surface area (Å²) in [5.41, 5.74) is 2.31. The smallest absolute Gasteiger partial charge is 0.250 e. The molecule has 0 aliphatic carbocycles. The monoisotopic (exact) mass is 292 g/mol. The van der Waals surface area contributed by atoms with E-state index in [1.165, 1.54) is 0 Å². The van der Waals surface area contributed by atoms with Gasteiger partial charge in [-0.1, -0.05) is 33.4 Å². The highest BCUT2D eigenvalue weighted by Gasteiger charge is 2.39. The molecule has 0 atom stereocenters. The fourth-order valence-electron chi connectivity index (χ4n) is 1.61. The summed E-state index contributed by atoms with van der Waals surface area (Å²) >= 11 is 0. The topological polar surface area (TPSA) is 18.5 Å². The second kappa shape index (κ2) is 6.04. The van der Waals surface area contributed by atoms with Gasteiger partial charge in [-0.05, 0) is 55.2 Å². The van der Waals surface area contributed by atoms with Crippen molar-refractivity contribution >= 4 is 8.32 Å². The molecule has 3 heteroatoms. The molecule has 0 radical (unpaired) electrons. The van der Waals surface area contributed by atoms with Gasteiger partial charge in [0.15, 0.2) is 0 Å². The molecule has 1 aromatic carbocycles. The Morgan fingerprint density at radius 3 is 2.10 bits per heavy atom. The average Bonchev–Trinajstić information content (AvgIpc) is 2.32. The van der Waals surface area contributed by atoms with Crippen LogP contribution in [0.15, 0.2) is 24.8 Å². The molecule has 0 unspecified atom stereocenters. The van der Waals surface area contributed by atoms with E-state index < -0.39 is 8.32 Å². The predicted octanol–water partition coefficient (Wildman–Crippen LogP) is 5.25. The normalized spacial score (nSPS) is 12.2. The number of hydrogen-bond acceptors (Lipinski definition) is 2. The zero-order valence-electron chi connectivity index (χ0n) is 14.0. The van der Waals surface area contributed by atoms with E-state index in [4.69, 9.17) is 9.16 Å². The Labute approximate surface area is 124 Å². The molecule has 0 aliphatic rings. The van der Waals surface area contributed by atoms with Gasteiger partial charge in [0.1, 0.15) is 18.1 Å². The summed E-state index contributed by atoms with van der Waals surface area (Å²) in [6.45, 7) is 19.7. The van der Waals surface area contributed by atoms with Crippen LogP contribution in [0.2, 0.25) is 18.1 Å². The highest BCUT2D eigenvalue weighted by Crippen LogP contribution is 2.39. The van der Waals surface area contributed by atoms with Gasteiger partial charge in [-0.15, -0.1) is 0 Å². The molecule has 0 heterocycles. The van der Waals surface area contributed by atoms with Crippen LogP contribution < -0.4 is 9.16 Å². The van der Waals surface area contributed by atoms with Crippen LogP contribution in [0, 0.1) is 13.8 Å². The minimum Gasteiger partial charge on any atom is -0.543 e. The van der Waals surface area contributed by atoms with E-state index >= 15 is 0 Å². The summed E-state index contributed by atoms with van der Waals surface area (Å²) < 4.78 is 12.1. The van der Waals surface area contributed by atoms with Crippen LogP contribution in [0.4, 0.5) is 0 Å². The summed E-state index contributed by atoms with van der Waals surface area (Å²) in [6, 6.07) is 4.02. The van der Waals surface area contributed by atoms with E-state index in [1.54, 1.807) is 6.08 Å². The lowest BCUT2D eigenvalue weighted by Gasteiger charge is -2.37. The van der Waals surface area contributed by atoms with E-state index in [1.807, 2.05) is 12.1 Å². The van der Waals surface area contributed by atoms with Gasteiger partial charge in [0.05, 0.1) is 0 Å². The molecule has 0 aliphatic heterocycles. The van der Waals surface area contributed by atoms with Crippen LogP contribution in [0.3, 0.4) is 0 Å². The van der Waals surface area contributed by atoms with Gasteiger partial charge in [-0.25, -0.2) is 0 Å². The van der Waals surface area contributed by atoms with Gasteiger partial charge in [0.2, 0.25) is 8.32 Å². The van der Waals surface area contributed by atoms with Crippen molar-refractivity contribution < 1.29 is 9.16 Å². The summed E-state index contributed by atoms with van der Waals surface area (Å²) in [5, 5.41) is 0.200. The summed E-state index contributed by atoms with van der Waals surface area (Å²) in [6.07, 6.45) is 1.76. The second-order valence-electron chi connectivity index (χ2n) is 6.77. The Hall–Kier alpha value is -1.22. The quantitative estimate of drug-likeness (QED) is 0.545. The third kappa shape index (κ3) is 3.66. The number of benzene rings is 1. The molecule has 0 N–H and O–H groups in total. The summed E-state index contributed by atoms with van der Waals surface area (Å²) in [4.78, 5) is 0. The van der Waals surface area contributed by atoms with Crippen molar-refractivity contribution in [2.45, 2.75) is 52.8 Å². The van der Waals surface area contributed by atoms with E-state index in [9.17, 15) is 0 Å². The van der Waals surface area contributed by atoms with E-state index in [0.717, 1.165) is 22.6 Å². The molecule has 0 spiro atoms. The minimum atomic E-state index is -1.80. The molecule has 0 aromatic heterocycles. The maximum Gasteiger partial charge on any atom is 0.250 e. The first-order valence-electron chi connectivity index (χ1n) is 7.13. The van der Waals surface area contributed by atoms with E-state index in [-0.39, 0.29) is 5.04 Å². The molecule has 1 rings (SSSR count). The van der Waals surface area contributed by atoms with Gasteiger partial charge in [0, 0.05) is 0 Å². The number of ether oxygens (including phenoxy) is 1. The van der Waals surface area contributed by atoms with Gasteiger partial charge >= 0.3 is 0 Å². The Bertz CT molecular complexity index is 484. The van der Waals surface area contributed by atoms with Crippen LogP contribution in [-0.4, -0.2) is 14.9 Å². The van der Waals surface area contributed by atoms with Crippen molar-refractivity contribution in [2.75, 3.05) is 6.61 Å². The molecule has 2 nitrogen and oxygen atoms in total. The highest BCUT2D eigenvalue weighted by molar-refractivity contribution is 6.74. The maximum atomic E-state index is 6.40. The predicted molar refractivity (Wildman–Crippen MR) is 89.4 cm³/mol. The molecular weight excluding hydrogens is 264 g/mol. The van der Waals surface area contributed by atoms with Crippen molar-refractivity contribution in [3.05, 3.63) is 35.9 Å². The molecular formula is C17H28O2Si. The largest absolute Gasteiger partial charge is 0.543 e. The lowest BCUT2D eigenvalue weighted by atomic mass is 10.1. The average molecular weight is 292 g/mol. The Morgan fingerprint density at radius 2 is 1.60 bits per heavy atom. The van der Waals surface area contributed by atoms with Crippen LogP contribution >= 0.6 is 0 Å². The fourth-order valence-corrected chi connectivity index (χ4v) is 2.69. The van der Waals surface area contributed by atoms with Gasteiger partial charge < -0.3 is 9.16 Å². The second-order valence-corrected chi connectivity index (χ2v) is 11.5. The van der Waals surface area contributed by atoms with Crippen LogP contribution in [0.5, 0.6) is 11.5 Å². The first-order chi connectivity index (χ1) is 9.10. The Balaban J connectivity index is 3.05. The molecule has 20 heavy (non-hydrogen) atoms. The Morgan fingerprint density at radius 1 is 1.10 bits per heavy atom. The summed E-state index contributed by atoms with van der Waals surface area (Å²) in [5.74, 6) is 1.89. The van der Waals surface area contributed by atoms with E-state index in [0.29, 0.717) is 6.61 Å². The fraction of sp³-hybridized carbons (Fsp3) is 0.529. The molecule has 0 saturated carbocycles. The van der Waals surface area contributed by atoms with Crippen LogP contribution in [-0.2, 0) is 0 Å². The lowest BCUT2D eigenvalue weighted by Crippen LogP contribution is -2.44. The van der Waals surface area contributed by atoms with Crippen molar-refractivity contribution in [1.82, 2.24) is 0 Å². The van der Waals surface area contributed by atoms with Crippen molar-refractivity contribution in [3.63, 3.8) is 0 Å². The molecule has 0 bridgehead atoms. The molecule has 1 aromatic rings. The number of hydrogen-bond donors (Lipinski definition) is 0. The standard InChI is InChI=1S/C17H28O2Si/c1-9-12-18-15-10-11-16(14(3)13(15)2)19-20(7,8)17(4,5)6/h9-11H,1,12H2,2-8H3. The Kier molecular flexibility index (Phi) is 5.08. The lowest BCUT2D eigenvalue weighted by molar-refractivity contribution is 0.359. The molecule has 0 saturated heterocycles. The van der Waals surface area contributed by atoms with Gasteiger partial charge in [-0.2, -0.15) is 0 Å². The third-order valence-corrected chi connectivity index (χ3v) is 8.56. The molecule has 0 fully saturated rings. The third-order valence-electron chi connectivity index (χ3n) is 4.22. The summed E-state index contributed by atoms with van der Waals surface area (Å²) in [7, 11) is -1.80.